The summed E-state index contributed by atoms with van der Waals surface area (Å²) in [6, 6.07) is 16.2. The molecule has 1 unspecified atom stereocenters. The normalized spacial score (nSPS) is 16.1. The zero-order valence-corrected chi connectivity index (χ0v) is 16.4. The number of carbonyl (C=O) groups is 3. The number of amides is 2. The monoisotopic (exact) mass is 378 g/mol. The van der Waals surface area contributed by atoms with E-state index in [1.807, 2.05) is 30.3 Å². The van der Waals surface area contributed by atoms with Gasteiger partial charge in [-0.1, -0.05) is 42.5 Å². The Morgan fingerprint density at radius 3 is 2.29 bits per heavy atom. The molecule has 5 nitrogen and oxygen atoms in total. The molecule has 1 atom stereocenters. The van der Waals surface area contributed by atoms with E-state index in [9.17, 15) is 14.4 Å². The van der Waals surface area contributed by atoms with E-state index in [4.69, 9.17) is 0 Å². The number of hydrogen-bond acceptors (Lipinski definition) is 3. The Hall–Kier alpha value is -2.95. The Labute approximate surface area is 166 Å². The molecule has 0 N–H and O–H groups in total. The second-order valence-electron chi connectivity index (χ2n) is 7.37. The minimum absolute atomic E-state index is 0.0141. The average molecular weight is 378 g/mol. The molecule has 5 heteroatoms. The Morgan fingerprint density at radius 2 is 1.64 bits per heavy atom. The van der Waals surface area contributed by atoms with Gasteiger partial charge < -0.3 is 9.80 Å². The largest absolute Gasteiger partial charge is 0.345 e. The van der Waals surface area contributed by atoms with Gasteiger partial charge in [0.25, 0.3) is 5.91 Å². The van der Waals surface area contributed by atoms with Crippen LogP contribution in [0.4, 0.5) is 0 Å². The summed E-state index contributed by atoms with van der Waals surface area (Å²) >= 11 is 0. The van der Waals surface area contributed by atoms with Gasteiger partial charge >= 0.3 is 0 Å². The van der Waals surface area contributed by atoms with Crippen LogP contribution in [0.15, 0.2) is 54.6 Å². The van der Waals surface area contributed by atoms with E-state index in [0.717, 1.165) is 18.4 Å². The van der Waals surface area contributed by atoms with Crippen molar-refractivity contribution in [1.82, 2.24) is 9.80 Å². The number of carbonyl (C=O) groups excluding carboxylic acids is 3. The van der Waals surface area contributed by atoms with E-state index in [1.165, 1.54) is 4.90 Å². The predicted molar refractivity (Wildman–Crippen MR) is 108 cm³/mol. The van der Waals surface area contributed by atoms with Gasteiger partial charge in [0.15, 0.2) is 5.78 Å². The van der Waals surface area contributed by atoms with Crippen molar-refractivity contribution >= 4 is 17.6 Å². The summed E-state index contributed by atoms with van der Waals surface area (Å²) in [4.78, 5) is 40.7. The molecular formula is C23H26N2O3. The quantitative estimate of drug-likeness (QED) is 0.726. The van der Waals surface area contributed by atoms with Gasteiger partial charge in [-0.15, -0.1) is 0 Å². The molecule has 1 aliphatic heterocycles. The zero-order chi connectivity index (χ0) is 20.1. The molecular weight excluding hydrogens is 352 g/mol. The molecule has 0 radical (unpaired) electrons. The highest BCUT2D eigenvalue weighted by Crippen LogP contribution is 2.22. The Balaban J connectivity index is 1.59. The van der Waals surface area contributed by atoms with Gasteiger partial charge in [-0.05, 0) is 37.0 Å². The van der Waals surface area contributed by atoms with Gasteiger partial charge in [0.05, 0.1) is 6.04 Å². The maximum atomic E-state index is 12.8. The lowest BCUT2D eigenvalue weighted by atomic mass is 10.0. The molecule has 3 rings (SSSR count). The number of likely N-dealkylation sites (tertiary alicyclic amines) is 1. The number of benzene rings is 2. The molecule has 0 aromatic heterocycles. The molecule has 1 aliphatic rings. The van der Waals surface area contributed by atoms with Crippen LogP contribution < -0.4 is 0 Å². The number of rotatable bonds is 6. The van der Waals surface area contributed by atoms with Gasteiger partial charge in [-0.2, -0.15) is 0 Å². The number of Topliss-reactive ketones (excluding diaryl/α,β-unsaturated/α-hetero) is 1. The molecule has 2 amide bonds. The Bertz CT molecular complexity index is 844. The van der Waals surface area contributed by atoms with Gasteiger partial charge in [-0.3, -0.25) is 14.4 Å². The third-order valence-corrected chi connectivity index (χ3v) is 5.17. The summed E-state index contributed by atoms with van der Waals surface area (Å²) < 4.78 is 0. The summed E-state index contributed by atoms with van der Waals surface area (Å²) in [5.41, 5.74) is 2.30. The van der Waals surface area contributed by atoms with Crippen molar-refractivity contribution in [2.45, 2.75) is 31.7 Å². The fourth-order valence-electron chi connectivity index (χ4n) is 3.60. The van der Waals surface area contributed by atoms with Crippen molar-refractivity contribution < 1.29 is 14.4 Å². The minimum Gasteiger partial charge on any atom is -0.345 e. The van der Waals surface area contributed by atoms with Crippen LogP contribution in [0.25, 0.3) is 0 Å². The predicted octanol–water partition coefficient (Wildman–Crippen LogP) is 3.19. The van der Waals surface area contributed by atoms with E-state index in [2.05, 4.69) is 0 Å². The van der Waals surface area contributed by atoms with Crippen molar-refractivity contribution in [3.05, 3.63) is 71.3 Å². The first-order chi connectivity index (χ1) is 13.5. The maximum absolute atomic E-state index is 12.8. The van der Waals surface area contributed by atoms with Crippen LogP contribution in [-0.2, 0) is 11.2 Å². The molecule has 28 heavy (non-hydrogen) atoms. The number of nitrogens with zero attached hydrogens (tertiary/aromatic N) is 2. The average Bonchev–Trinajstić information content (AvgIpc) is 3.22. The molecule has 2 aromatic carbocycles. The lowest BCUT2D eigenvalue weighted by Gasteiger charge is -2.24. The van der Waals surface area contributed by atoms with Crippen molar-refractivity contribution in [2.75, 3.05) is 20.6 Å². The number of hydrogen-bond donors (Lipinski definition) is 0. The van der Waals surface area contributed by atoms with E-state index < -0.39 is 0 Å². The van der Waals surface area contributed by atoms with Crippen molar-refractivity contribution in [2.24, 2.45) is 0 Å². The molecule has 0 aliphatic carbocycles. The second kappa shape index (κ2) is 8.83. The topological polar surface area (TPSA) is 57.7 Å². The standard InChI is InChI=1S/C23H26N2O3/c1-24(2)23(28)19-13-10-17(11-14-19)12-15-21(26)25-16-6-9-20(25)22(27)18-7-4-3-5-8-18/h3-5,7-8,10-11,13-14,20H,6,9,12,15-16H2,1-2H3. The molecule has 2 aromatic rings. The van der Waals surface area contributed by atoms with Gasteiger partial charge in [0, 0.05) is 38.2 Å². The molecule has 1 fully saturated rings. The highest BCUT2D eigenvalue weighted by atomic mass is 16.2. The highest BCUT2D eigenvalue weighted by molar-refractivity contribution is 6.02. The van der Waals surface area contributed by atoms with Gasteiger partial charge in [-0.25, -0.2) is 0 Å². The number of aryl methyl sites for hydroxylation is 1. The SMILES string of the molecule is CN(C)C(=O)c1ccc(CCC(=O)N2CCCC2C(=O)c2ccccc2)cc1. The third kappa shape index (κ3) is 4.47. The van der Waals surface area contributed by atoms with Crippen LogP contribution in [0.2, 0.25) is 0 Å². The van der Waals surface area contributed by atoms with Crippen LogP contribution in [-0.4, -0.2) is 54.1 Å². The van der Waals surface area contributed by atoms with E-state index in [1.54, 1.807) is 43.3 Å². The minimum atomic E-state index is -0.352. The van der Waals surface area contributed by atoms with E-state index in [-0.39, 0.29) is 23.6 Å². The highest BCUT2D eigenvalue weighted by Gasteiger charge is 2.34. The maximum Gasteiger partial charge on any atom is 0.253 e. The van der Waals surface area contributed by atoms with Gasteiger partial charge in [0.2, 0.25) is 5.91 Å². The smallest absolute Gasteiger partial charge is 0.253 e. The summed E-state index contributed by atoms with van der Waals surface area (Å²) in [6.45, 7) is 0.637. The first kappa shape index (κ1) is 19.8. The van der Waals surface area contributed by atoms with Crippen molar-refractivity contribution in [1.29, 1.82) is 0 Å². The fraction of sp³-hybridized carbons (Fsp3) is 0.348. The molecule has 0 bridgehead atoms. The first-order valence-electron chi connectivity index (χ1n) is 9.66. The molecule has 1 saturated heterocycles. The van der Waals surface area contributed by atoms with Crippen molar-refractivity contribution in [3.8, 4) is 0 Å². The van der Waals surface area contributed by atoms with Crippen LogP contribution in [0.5, 0.6) is 0 Å². The van der Waals surface area contributed by atoms with Crippen LogP contribution >= 0.6 is 0 Å². The third-order valence-electron chi connectivity index (χ3n) is 5.17. The summed E-state index contributed by atoms with van der Waals surface area (Å²) in [6.07, 6.45) is 2.54. The summed E-state index contributed by atoms with van der Waals surface area (Å²) in [7, 11) is 3.44. The zero-order valence-electron chi connectivity index (χ0n) is 16.4. The molecule has 0 spiro atoms. The summed E-state index contributed by atoms with van der Waals surface area (Å²) in [5.74, 6) is 0.000172. The van der Waals surface area contributed by atoms with E-state index in [0.29, 0.717) is 30.5 Å². The van der Waals surface area contributed by atoms with Crippen LogP contribution in [0, 0.1) is 0 Å². The molecule has 146 valence electrons. The van der Waals surface area contributed by atoms with Crippen LogP contribution in [0.3, 0.4) is 0 Å². The lowest BCUT2D eigenvalue weighted by Crippen LogP contribution is -2.40. The summed E-state index contributed by atoms with van der Waals surface area (Å²) in [5, 5.41) is 0. The van der Waals surface area contributed by atoms with Gasteiger partial charge in [0.1, 0.15) is 0 Å². The Kier molecular flexibility index (Phi) is 6.24. The van der Waals surface area contributed by atoms with Crippen LogP contribution in [0.1, 0.15) is 45.5 Å². The fourth-order valence-corrected chi connectivity index (χ4v) is 3.60. The number of ketones is 1. The Morgan fingerprint density at radius 1 is 0.964 bits per heavy atom. The first-order valence-corrected chi connectivity index (χ1v) is 9.66. The lowest BCUT2D eigenvalue weighted by molar-refractivity contribution is -0.131. The molecule has 1 heterocycles. The second-order valence-corrected chi connectivity index (χ2v) is 7.37. The van der Waals surface area contributed by atoms with E-state index >= 15 is 0 Å². The van der Waals surface area contributed by atoms with Crippen molar-refractivity contribution in [3.63, 3.8) is 0 Å². The molecule has 0 saturated carbocycles.